The van der Waals surface area contributed by atoms with Gasteiger partial charge in [0.2, 0.25) is 5.89 Å². The standard InChI is InChI=1S/C15H21N3O/c1-15(2,3)10-13-17-14(19-18-13)12(16)9-11-7-5-4-6-8-11/h4-8,12H,9-10,16H2,1-3H3. The van der Waals surface area contributed by atoms with E-state index in [0.29, 0.717) is 12.3 Å². The van der Waals surface area contributed by atoms with E-state index in [1.54, 1.807) is 0 Å². The Labute approximate surface area is 114 Å². The van der Waals surface area contributed by atoms with Gasteiger partial charge in [-0.3, -0.25) is 0 Å². The van der Waals surface area contributed by atoms with Crippen LogP contribution in [0.5, 0.6) is 0 Å². The van der Waals surface area contributed by atoms with Gasteiger partial charge in [-0.25, -0.2) is 0 Å². The van der Waals surface area contributed by atoms with E-state index in [2.05, 4.69) is 30.9 Å². The fourth-order valence-electron chi connectivity index (χ4n) is 1.92. The minimum atomic E-state index is -0.247. The predicted molar refractivity (Wildman–Crippen MR) is 74.5 cm³/mol. The van der Waals surface area contributed by atoms with Crippen LogP contribution >= 0.6 is 0 Å². The molecule has 0 aliphatic rings. The van der Waals surface area contributed by atoms with E-state index in [-0.39, 0.29) is 11.5 Å². The van der Waals surface area contributed by atoms with Crippen LogP contribution in [0.4, 0.5) is 0 Å². The Morgan fingerprint density at radius 2 is 1.89 bits per heavy atom. The van der Waals surface area contributed by atoms with Gasteiger partial charge in [0.25, 0.3) is 0 Å². The third-order valence-corrected chi connectivity index (χ3v) is 2.79. The monoisotopic (exact) mass is 259 g/mol. The Bertz CT molecular complexity index is 514. The number of benzene rings is 1. The van der Waals surface area contributed by atoms with Crippen LogP contribution in [0.2, 0.25) is 0 Å². The van der Waals surface area contributed by atoms with Crippen molar-refractivity contribution in [3.63, 3.8) is 0 Å². The lowest BCUT2D eigenvalue weighted by Gasteiger charge is -2.14. The summed E-state index contributed by atoms with van der Waals surface area (Å²) in [5.41, 5.74) is 7.42. The molecule has 2 rings (SSSR count). The molecule has 0 bridgehead atoms. The SMILES string of the molecule is CC(C)(C)Cc1noc(C(N)Cc2ccccc2)n1. The van der Waals surface area contributed by atoms with Gasteiger partial charge in [-0.05, 0) is 17.4 Å². The van der Waals surface area contributed by atoms with Crippen molar-refractivity contribution in [3.8, 4) is 0 Å². The number of hydrogen-bond acceptors (Lipinski definition) is 4. The van der Waals surface area contributed by atoms with Crippen molar-refractivity contribution >= 4 is 0 Å². The Morgan fingerprint density at radius 1 is 1.21 bits per heavy atom. The predicted octanol–water partition coefficient (Wildman–Crippen LogP) is 2.90. The second-order valence-electron chi connectivity index (χ2n) is 6.08. The first kappa shape index (κ1) is 13.7. The molecule has 4 nitrogen and oxygen atoms in total. The van der Waals surface area contributed by atoms with Crippen molar-refractivity contribution in [2.45, 2.75) is 39.7 Å². The van der Waals surface area contributed by atoms with Crippen LogP contribution < -0.4 is 5.73 Å². The Balaban J connectivity index is 2.02. The van der Waals surface area contributed by atoms with Gasteiger partial charge in [0.1, 0.15) is 0 Å². The fraction of sp³-hybridized carbons (Fsp3) is 0.467. The van der Waals surface area contributed by atoms with Gasteiger partial charge in [-0.2, -0.15) is 4.98 Å². The van der Waals surface area contributed by atoms with Gasteiger partial charge in [0, 0.05) is 6.42 Å². The molecule has 1 unspecified atom stereocenters. The van der Waals surface area contributed by atoms with Crippen molar-refractivity contribution in [3.05, 3.63) is 47.6 Å². The highest BCUT2D eigenvalue weighted by molar-refractivity contribution is 5.16. The van der Waals surface area contributed by atoms with Crippen molar-refractivity contribution in [1.29, 1.82) is 0 Å². The maximum absolute atomic E-state index is 6.11. The molecule has 19 heavy (non-hydrogen) atoms. The number of nitrogens with zero attached hydrogens (tertiary/aromatic N) is 2. The molecule has 0 aliphatic carbocycles. The summed E-state index contributed by atoms with van der Waals surface area (Å²) < 4.78 is 5.26. The maximum Gasteiger partial charge on any atom is 0.243 e. The second kappa shape index (κ2) is 5.53. The number of nitrogens with two attached hydrogens (primary N) is 1. The number of hydrogen-bond donors (Lipinski definition) is 1. The first-order valence-electron chi connectivity index (χ1n) is 6.56. The van der Waals surface area contributed by atoms with E-state index < -0.39 is 0 Å². The lowest BCUT2D eigenvalue weighted by Crippen LogP contribution is -2.14. The van der Waals surface area contributed by atoms with Crippen molar-refractivity contribution in [1.82, 2.24) is 10.1 Å². The van der Waals surface area contributed by atoms with Crippen molar-refractivity contribution in [2.75, 3.05) is 0 Å². The molecule has 4 heteroatoms. The topological polar surface area (TPSA) is 64.9 Å². The maximum atomic E-state index is 6.11. The zero-order valence-electron chi connectivity index (χ0n) is 11.8. The van der Waals surface area contributed by atoms with Crippen LogP contribution in [-0.4, -0.2) is 10.1 Å². The fourth-order valence-corrected chi connectivity index (χ4v) is 1.92. The highest BCUT2D eigenvalue weighted by atomic mass is 16.5. The minimum Gasteiger partial charge on any atom is -0.338 e. The lowest BCUT2D eigenvalue weighted by molar-refractivity contribution is 0.339. The molecule has 2 N–H and O–H groups in total. The normalized spacial score (nSPS) is 13.5. The van der Waals surface area contributed by atoms with Crippen LogP contribution in [0.1, 0.15) is 44.1 Å². The summed E-state index contributed by atoms with van der Waals surface area (Å²) in [7, 11) is 0. The molecule has 1 atom stereocenters. The van der Waals surface area contributed by atoms with Gasteiger partial charge < -0.3 is 10.3 Å². The molecule has 102 valence electrons. The van der Waals surface area contributed by atoms with E-state index in [1.807, 2.05) is 30.3 Å². The number of aromatic nitrogens is 2. The van der Waals surface area contributed by atoms with Crippen LogP contribution in [0, 0.1) is 5.41 Å². The molecule has 0 amide bonds. The van der Waals surface area contributed by atoms with Gasteiger partial charge >= 0.3 is 0 Å². The average molecular weight is 259 g/mol. The highest BCUT2D eigenvalue weighted by Gasteiger charge is 2.19. The number of rotatable bonds is 4. The van der Waals surface area contributed by atoms with Crippen molar-refractivity contribution in [2.24, 2.45) is 11.1 Å². The van der Waals surface area contributed by atoms with E-state index in [4.69, 9.17) is 10.3 Å². The molecule has 0 aliphatic heterocycles. The molecule has 0 fully saturated rings. The summed E-state index contributed by atoms with van der Waals surface area (Å²) in [6.45, 7) is 6.44. The lowest BCUT2D eigenvalue weighted by atomic mass is 9.92. The summed E-state index contributed by atoms with van der Waals surface area (Å²) in [6.07, 6.45) is 1.49. The third-order valence-electron chi connectivity index (χ3n) is 2.79. The highest BCUT2D eigenvalue weighted by Crippen LogP contribution is 2.20. The van der Waals surface area contributed by atoms with E-state index in [9.17, 15) is 0 Å². The third kappa shape index (κ3) is 4.17. The molecule has 0 saturated heterocycles. The summed E-state index contributed by atoms with van der Waals surface area (Å²) in [5.74, 6) is 1.24. The molecule has 2 aromatic rings. The summed E-state index contributed by atoms with van der Waals surface area (Å²) in [6, 6.07) is 9.84. The van der Waals surface area contributed by atoms with E-state index >= 15 is 0 Å². The molecule has 0 saturated carbocycles. The average Bonchev–Trinajstić information content (AvgIpc) is 2.76. The zero-order valence-corrected chi connectivity index (χ0v) is 11.8. The van der Waals surface area contributed by atoms with Gasteiger partial charge in [-0.1, -0.05) is 56.3 Å². The van der Waals surface area contributed by atoms with E-state index in [0.717, 1.165) is 12.2 Å². The second-order valence-corrected chi connectivity index (χ2v) is 6.08. The quantitative estimate of drug-likeness (QED) is 0.917. The molecule has 1 heterocycles. The first-order valence-corrected chi connectivity index (χ1v) is 6.56. The smallest absolute Gasteiger partial charge is 0.243 e. The summed E-state index contributed by atoms with van der Waals surface area (Å²) in [5, 5.41) is 4.00. The molecule has 0 radical (unpaired) electrons. The van der Waals surface area contributed by atoms with Gasteiger partial charge in [-0.15, -0.1) is 0 Å². The first-order chi connectivity index (χ1) is 8.94. The molecular weight excluding hydrogens is 238 g/mol. The van der Waals surface area contributed by atoms with Gasteiger partial charge in [0.05, 0.1) is 6.04 Å². The summed E-state index contributed by atoms with van der Waals surface area (Å²) >= 11 is 0. The Morgan fingerprint density at radius 3 is 2.53 bits per heavy atom. The van der Waals surface area contributed by atoms with Crippen LogP contribution in [-0.2, 0) is 12.8 Å². The Kier molecular flexibility index (Phi) is 4.00. The molecular formula is C15H21N3O. The molecule has 1 aromatic carbocycles. The van der Waals surface area contributed by atoms with Crippen LogP contribution in [0.25, 0.3) is 0 Å². The van der Waals surface area contributed by atoms with Crippen molar-refractivity contribution < 1.29 is 4.52 Å². The largest absolute Gasteiger partial charge is 0.338 e. The molecule has 1 aromatic heterocycles. The van der Waals surface area contributed by atoms with Crippen LogP contribution in [0.3, 0.4) is 0 Å². The van der Waals surface area contributed by atoms with Gasteiger partial charge in [0.15, 0.2) is 5.82 Å². The van der Waals surface area contributed by atoms with Crippen LogP contribution in [0.15, 0.2) is 34.9 Å². The Hall–Kier alpha value is -1.68. The van der Waals surface area contributed by atoms with E-state index in [1.165, 1.54) is 5.56 Å². The molecule has 0 spiro atoms. The minimum absolute atomic E-state index is 0.144. The summed E-state index contributed by atoms with van der Waals surface area (Å²) in [4.78, 5) is 4.39. The zero-order chi connectivity index (χ0) is 13.9.